The topological polar surface area (TPSA) is 26.3 Å². The fourth-order valence-electron chi connectivity index (χ4n) is 2.08. The third-order valence-corrected chi connectivity index (χ3v) is 3.91. The van der Waals surface area contributed by atoms with Gasteiger partial charge in [-0.2, -0.15) is 0 Å². The summed E-state index contributed by atoms with van der Waals surface area (Å²) in [6.45, 7) is 0. The summed E-state index contributed by atoms with van der Waals surface area (Å²) < 4.78 is 20.0. The van der Waals surface area contributed by atoms with Gasteiger partial charge in [-0.1, -0.05) is 45.7 Å². The molecule has 2 rings (SSSR count). The average Bonchev–Trinajstić information content (AvgIpc) is 2.48. The number of ketones is 1. The van der Waals surface area contributed by atoms with E-state index in [1.807, 2.05) is 0 Å². The molecule has 0 bridgehead atoms. The Balaban J connectivity index is 2.57. The van der Waals surface area contributed by atoms with Gasteiger partial charge in [0.15, 0.2) is 0 Å². The van der Waals surface area contributed by atoms with E-state index in [0.29, 0.717) is 27.5 Å². The molecule has 2 aromatic rings. The molecule has 5 heteroatoms. The van der Waals surface area contributed by atoms with Crippen LogP contribution in [0.25, 0.3) is 11.1 Å². The first-order valence-electron chi connectivity index (χ1n) is 6.25. The average molecular weight is 372 g/mol. The number of benzene rings is 2. The maximum atomic E-state index is 14.7. The zero-order chi connectivity index (χ0) is 15.4. The molecule has 2 nitrogen and oxygen atoms in total. The quantitative estimate of drug-likeness (QED) is 0.715. The van der Waals surface area contributed by atoms with Crippen LogP contribution in [0.3, 0.4) is 0 Å². The number of hydrogen-bond donors (Lipinski definition) is 0. The van der Waals surface area contributed by atoms with Crippen molar-refractivity contribution in [1.82, 2.24) is 0 Å². The number of carbonyl (C=O) groups is 1. The van der Waals surface area contributed by atoms with E-state index in [2.05, 4.69) is 15.9 Å². The van der Waals surface area contributed by atoms with Gasteiger partial charge in [-0.05, 0) is 29.3 Å². The lowest BCUT2D eigenvalue weighted by molar-refractivity contribution is -0.115. The van der Waals surface area contributed by atoms with Crippen molar-refractivity contribution >= 4 is 33.3 Å². The molecule has 0 atom stereocenters. The lowest BCUT2D eigenvalue weighted by Crippen LogP contribution is -2.06. The highest BCUT2D eigenvalue weighted by Crippen LogP contribution is 2.35. The molecule has 110 valence electrons. The highest BCUT2D eigenvalue weighted by molar-refractivity contribution is 9.09. The molecule has 21 heavy (non-hydrogen) atoms. The van der Waals surface area contributed by atoms with Crippen molar-refractivity contribution in [2.75, 3.05) is 12.4 Å². The largest absolute Gasteiger partial charge is 0.496 e. The van der Waals surface area contributed by atoms with Crippen molar-refractivity contribution in [3.05, 3.63) is 52.8 Å². The SMILES string of the molecule is COc1ccc(CC(=O)CBr)c(F)c1-c1cccc(Cl)c1. The molecule has 0 aliphatic carbocycles. The van der Waals surface area contributed by atoms with Gasteiger partial charge in [-0.25, -0.2) is 4.39 Å². The number of methoxy groups -OCH3 is 1. The fourth-order valence-corrected chi connectivity index (χ4v) is 2.47. The van der Waals surface area contributed by atoms with Crippen LogP contribution in [0, 0.1) is 5.82 Å². The highest BCUT2D eigenvalue weighted by atomic mass is 79.9. The molecular formula is C16H13BrClFO2. The van der Waals surface area contributed by atoms with Crippen LogP contribution in [0.2, 0.25) is 5.02 Å². The Kier molecular flexibility index (Phi) is 5.37. The fraction of sp³-hybridized carbons (Fsp3) is 0.188. The third-order valence-electron chi connectivity index (χ3n) is 3.05. The Morgan fingerprint density at radius 3 is 2.71 bits per heavy atom. The third kappa shape index (κ3) is 3.63. The first-order chi connectivity index (χ1) is 10.1. The second-order valence-corrected chi connectivity index (χ2v) is 5.47. The van der Waals surface area contributed by atoms with Gasteiger partial charge in [0.1, 0.15) is 17.3 Å². The summed E-state index contributed by atoms with van der Waals surface area (Å²) >= 11 is 9.05. The number of ether oxygens (including phenoxy) is 1. The van der Waals surface area contributed by atoms with Gasteiger partial charge < -0.3 is 4.74 Å². The summed E-state index contributed by atoms with van der Waals surface area (Å²) in [6.07, 6.45) is 0.0364. The predicted octanol–water partition coefficient (Wildman–Crippen LogP) is 4.66. The summed E-state index contributed by atoms with van der Waals surface area (Å²) in [5.41, 5.74) is 1.28. The minimum absolute atomic E-state index is 0.0364. The van der Waals surface area contributed by atoms with Gasteiger partial charge in [0.05, 0.1) is 18.0 Å². The highest BCUT2D eigenvalue weighted by Gasteiger charge is 2.17. The van der Waals surface area contributed by atoms with Crippen molar-refractivity contribution in [3.8, 4) is 16.9 Å². The standard InChI is InChI=1S/C16H13BrClFO2/c1-21-14-6-5-11(8-13(20)9-17)16(19)15(14)10-3-2-4-12(18)7-10/h2-7H,8-9H2,1H3. The monoisotopic (exact) mass is 370 g/mol. The van der Waals surface area contributed by atoms with Crippen LogP contribution in [0.15, 0.2) is 36.4 Å². The number of rotatable bonds is 5. The van der Waals surface area contributed by atoms with E-state index < -0.39 is 5.82 Å². The van der Waals surface area contributed by atoms with E-state index in [0.717, 1.165) is 0 Å². The molecule has 0 unspecified atom stereocenters. The summed E-state index contributed by atoms with van der Waals surface area (Å²) in [5.74, 6) is -0.133. The predicted molar refractivity (Wildman–Crippen MR) is 85.9 cm³/mol. The van der Waals surface area contributed by atoms with E-state index >= 15 is 0 Å². The first-order valence-corrected chi connectivity index (χ1v) is 7.75. The summed E-state index contributed by atoms with van der Waals surface area (Å²) in [6, 6.07) is 10.1. The Bertz CT molecular complexity index is 673. The second kappa shape index (κ2) is 7.05. The van der Waals surface area contributed by atoms with Crippen molar-refractivity contribution in [1.29, 1.82) is 0 Å². The lowest BCUT2D eigenvalue weighted by Gasteiger charge is -2.13. The van der Waals surface area contributed by atoms with Crippen LogP contribution in [0.1, 0.15) is 5.56 Å². The molecule has 0 saturated heterocycles. The molecule has 0 spiro atoms. The molecule has 0 aromatic heterocycles. The molecule has 0 aliphatic heterocycles. The smallest absolute Gasteiger partial charge is 0.147 e. The number of halogens is 3. The van der Waals surface area contributed by atoms with Crippen LogP contribution in [-0.4, -0.2) is 18.2 Å². The van der Waals surface area contributed by atoms with Crippen LogP contribution < -0.4 is 4.74 Å². The van der Waals surface area contributed by atoms with Crippen LogP contribution in [-0.2, 0) is 11.2 Å². The van der Waals surface area contributed by atoms with Crippen LogP contribution in [0.4, 0.5) is 4.39 Å². The molecule has 0 amide bonds. The van der Waals surface area contributed by atoms with Gasteiger partial charge in [-0.3, -0.25) is 4.79 Å². The zero-order valence-corrected chi connectivity index (χ0v) is 13.7. The van der Waals surface area contributed by atoms with E-state index in [1.165, 1.54) is 7.11 Å². The minimum Gasteiger partial charge on any atom is -0.496 e. The molecule has 2 aromatic carbocycles. The molecule has 0 saturated carbocycles. The minimum atomic E-state index is -0.453. The maximum absolute atomic E-state index is 14.7. The molecule has 0 N–H and O–H groups in total. The summed E-state index contributed by atoms with van der Waals surface area (Å²) in [7, 11) is 1.48. The number of Topliss-reactive ketones (excluding diaryl/α,β-unsaturated/α-hetero) is 1. The van der Waals surface area contributed by atoms with Crippen molar-refractivity contribution < 1.29 is 13.9 Å². The Morgan fingerprint density at radius 2 is 2.10 bits per heavy atom. The number of carbonyl (C=O) groups excluding carboxylic acids is 1. The normalized spacial score (nSPS) is 10.5. The molecular weight excluding hydrogens is 359 g/mol. The Labute approximate surface area is 136 Å². The van der Waals surface area contributed by atoms with Gasteiger partial charge >= 0.3 is 0 Å². The Hall–Kier alpha value is -1.39. The molecule has 0 fully saturated rings. The Morgan fingerprint density at radius 1 is 1.33 bits per heavy atom. The van der Waals surface area contributed by atoms with Crippen molar-refractivity contribution in [3.63, 3.8) is 0 Å². The zero-order valence-electron chi connectivity index (χ0n) is 11.3. The van der Waals surface area contributed by atoms with Crippen LogP contribution >= 0.6 is 27.5 Å². The van der Waals surface area contributed by atoms with Crippen molar-refractivity contribution in [2.45, 2.75) is 6.42 Å². The second-order valence-electron chi connectivity index (χ2n) is 4.48. The van der Waals surface area contributed by atoms with E-state index in [9.17, 15) is 9.18 Å². The van der Waals surface area contributed by atoms with Gasteiger partial charge in [0, 0.05) is 11.4 Å². The summed E-state index contributed by atoms with van der Waals surface area (Å²) in [5, 5.41) is 0.709. The summed E-state index contributed by atoms with van der Waals surface area (Å²) in [4.78, 5) is 11.5. The number of alkyl halides is 1. The van der Waals surface area contributed by atoms with Gasteiger partial charge in [0.2, 0.25) is 0 Å². The van der Waals surface area contributed by atoms with Gasteiger partial charge in [-0.15, -0.1) is 0 Å². The van der Waals surface area contributed by atoms with E-state index in [4.69, 9.17) is 16.3 Å². The molecule has 0 aliphatic rings. The van der Waals surface area contributed by atoms with Crippen molar-refractivity contribution in [2.24, 2.45) is 0 Å². The van der Waals surface area contributed by atoms with E-state index in [-0.39, 0.29) is 17.5 Å². The van der Waals surface area contributed by atoms with Gasteiger partial charge in [0.25, 0.3) is 0 Å². The van der Waals surface area contributed by atoms with Crippen LogP contribution in [0.5, 0.6) is 5.75 Å². The molecule has 0 heterocycles. The lowest BCUT2D eigenvalue weighted by atomic mass is 9.98. The maximum Gasteiger partial charge on any atom is 0.147 e. The first kappa shape index (κ1) is 16.0. The molecule has 0 radical (unpaired) electrons. The van der Waals surface area contributed by atoms with E-state index in [1.54, 1.807) is 36.4 Å². The number of hydrogen-bond acceptors (Lipinski definition) is 2.